The van der Waals surface area contributed by atoms with E-state index in [0.717, 1.165) is 5.56 Å². The molecule has 0 spiro atoms. The van der Waals surface area contributed by atoms with Crippen LogP contribution in [0.25, 0.3) is 0 Å². The first kappa shape index (κ1) is 16.5. The van der Waals surface area contributed by atoms with E-state index in [9.17, 15) is 19.1 Å². The molecule has 0 saturated heterocycles. The average molecular weight is 348 g/mol. The number of ether oxygens (including phenoxy) is 1. The molecule has 0 radical (unpaired) electrons. The fraction of sp³-hybridized carbons (Fsp3) is 0.188. The van der Waals surface area contributed by atoms with Gasteiger partial charge in [0, 0.05) is 5.69 Å². The van der Waals surface area contributed by atoms with Gasteiger partial charge in [0.1, 0.15) is 5.75 Å². The Morgan fingerprint density at radius 1 is 1.21 bits per heavy atom. The first-order valence-corrected chi connectivity index (χ1v) is 8.96. The molecule has 1 heterocycles. The Balaban J connectivity index is 1.91. The number of aryl methyl sites for hydroxylation is 1. The van der Waals surface area contributed by atoms with Crippen LogP contribution in [0.2, 0.25) is 0 Å². The minimum atomic E-state index is -4.45. The highest BCUT2D eigenvalue weighted by molar-refractivity contribution is 7.52. The molecule has 0 aliphatic carbocycles. The largest absolute Gasteiger partial charge is 0.482 e. The maximum absolute atomic E-state index is 11.9. The molecule has 1 aliphatic heterocycles. The highest BCUT2D eigenvalue weighted by Gasteiger charge is 2.30. The van der Waals surface area contributed by atoms with Gasteiger partial charge >= 0.3 is 7.60 Å². The number of benzene rings is 2. The molecular formula is C16H17N2O5P. The van der Waals surface area contributed by atoms with Gasteiger partial charge in [0.15, 0.2) is 12.4 Å². The molecule has 8 heteroatoms. The van der Waals surface area contributed by atoms with Crippen molar-refractivity contribution in [2.75, 3.05) is 17.2 Å². The Morgan fingerprint density at radius 3 is 2.58 bits per heavy atom. The van der Waals surface area contributed by atoms with Gasteiger partial charge in [-0.25, -0.2) is 0 Å². The van der Waals surface area contributed by atoms with Crippen LogP contribution < -0.4 is 15.4 Å². The van der Waals surface area contributed by atoms with Gasteiger partial charge in [-0.15, -0.1) is 0 Å². The van der Waals surface area contributed by atoms with Gasteiger partial charge in [-0.1, -0.05) is 29.8 Å². The molecule has 2 aromatic rings. The van der Waals surface area contributed by atoms with Crippen LogP contribution in [-0.2, 0) is 9.36 Å². The smallest absolute Gasteiger partial charge is 0.352 e. The number of carbonyl (C=O) groups is 1. The Kier molecular flexibility index (Phi) is 4.32. The van der Waals surface area contributed by atoms with Gasteiger partial charge in [-0.3, -0.25) is 9.36 Å². The molecule has 1 amide bonds. The van der Waals surface area contributed by atoms with Gasteiger partial charge in [-0.2, -0.15) is 0 Å². The van der Waals surface area contributed by atoms with Crippen molar-refractivity contribution >= 4 is 24.9 Å². The van der Waals surface area contributed by atoms with E-state index in [1.807, 2.05) is 6.92 Å². The lowest BCUT2D eigenvalue weighted by Gasteiger charge is -2.23. The average Bonchev–Trinajstić information content (AvgIpc) is 2.52. The van der Waals surface area contributed by atoms with Crippen LogP contribution >= 0.6 is 7.60 Å². The zero-order chi connectivity index (χ0) is 17.3. The minimum absolute atomic E-state index is 0.0474. The van der Waals surface area contributed by atoms with Crippen molar-refractivity contribution in [1.29, 1.82) is 0 Å². The molecular weight excluding hydrogens is 331 g/mol. The third kappa shape index (κ3) is 3.59. The zero-order valence-corrected chi connectivity index (χ0v) is 13.8. The summed E-state index contributed by atoms with van der Waals surface area (Å²) in [7, 11) is -4.45. The number of carbonyl (C=O) groups excluding carboxylic acids is 1. The summed E-state index contributed by atoms with van der Waals surface area (Å²) >= 11 is 0. The Hall–Kier alpha value is -2.34. The standard InChI is InChI=1S/C16H17N2O5P/c1-10-2-4-11(5-3-10)16(24(20,21)22)17-12-6-7-14-13(8-12)18-15(19)9-23-14/h2-8,16-17H,9H2,1H3,(H,18,19)(H2,20,21,22)/t16-/m0/s1. The van der Waals surface area contributed by atoms with Gasteiger partial charge < -0.3 is 25.2 Å². The number of anilines is 2. The summed E-state index contributed by atoms with van der Waals surface area (Å²) in [5, 5.41) is 5.51. The van der Waals surface area contributed by atoms with E-state index in [-0.39, 0.29) is 12.5 Å². The third-order valence-corrected chi connectivity index (χ3v) is 4.75. The molecule has 0 unspecified atom stereocenters. The fourth-order valence-electron chi connectivity index (χ4n) is 2.44. The van der Waals surface area contributed by atoms with Crippen molar-refractivity contribution in [2.45, 2.75) is 12.7 Å². The summed E-state index contributed by atoms with van der Waals surface area (Å²) in [4.78, 5) is 30.8. The molecule has 1 atom stereocenters. The van der Waals surface area contributed by atoms with E-state index >= 15 is 0 Å². The molecule has 3 rings (SSSR count). The molecule has 126 valence electrons. The minimum Gasteiger partial charge on any atom is -0.482 e. The number of fused-ring (bicyclic) bond motifs is 1. The summed E-state index contributed by atoms with van der Waals surface area (Å²) in [5.41, 5.74) is 2.40. The van der Waals surface area contributed by atoms with Crippen molar-refractivity contribution in [1.82, 2.24) is 0 Å². The van der Waals surface area contributed by atoms with Crippen LogP contribution in [0.4, 0.5) is 11.4 Å². The van der Waals surface area contributed by atoms with E-state index < -0.39 is 13.4 Å². The second-order valence-corrected chi connectivity index (χ2v) is 7.29. The first-order chi connectivity index (χ1) is 11.3. The highest BCUT2D eigenvalue weighted by Crippen LogP contribution is 2.52. The predicted molar refractivity (Wildman–Crippen MR) is 90.2 cm³/mol. The van der Waals surface area contributed by atoms with Crippen LogP contribution in [0.3, 0.4) is 0 Å². The molecule has 1 aliphatic rings. The zero-order valence-electron chi connectivity index (χ0n) is 12.9. The lowest BCUT2D eigenvalue weighted by Crippen LogP contribution is -2.25. The Bertz CT molecular complexity index is 816. The normalized spacial score (nSPS) is 15.0. The van der Waals surface area contributed by atoms with Gasteiger partial charge in [0.2, 0.25) is 0 Å². The van der Waals surface area contributed by atoms with Crippen LogP contribution in [0, 0.1) is 6.92 Å². The quantitative estimate of drug-likeness (QED) is 0.633. The number of nitrogens with one attached hydrogen (secondary N) is 2. The van der Waals surface area contributed by atoms with Crippen LogP contribution in [0.15, 0.2) is 42.5 Å². The van der Waals surface area contributed by atoms with E-state index in [1.165, 1.54) is 0 Å². The van der Waals surface area contributed by atoms with Crippen molar-refractivity contribution in [2.24, 2.45) is 0 Å². The molecule has 0 fully saturated rings. The lowest BCUT2D eigenvalue weighted by atomic mass is 10.1. The lowest BCUT2D eigenvalue weighted by molar-refractivity contribution is -0.118. The second-order valence-electron chi connectivity index (χ2n) is 5.59. The number of rotatable bonds is 4. The molecule has 0 bridgehead atoms. The Morgan fingerprint density at radius 2 is 1.92 bits per heavy atom. The van der Waals surface area contributed by atoms with Crippen molar-refractivity contribution in [3.05, 3.63) is 53.6 Å². The fourth-order valence-corrected chi connectivity index (χ4v) is 3.32. The topological polar surface area (TPSA) is 108 Å². The highest BCUT2D eigenvalue weighted by atomic mass is 31.2. The van der Waals surface area contributed by atoms with Crippen molar-refractivity contribution in [3.63, 3.8) is 0 Å². The summed E-state index contributed by atoms with van der Waals surface area (Å²) in [6.07, 6.45) is 0. The number of amides is 1. The molecule has 7 nitrogen and oxygen atoms in total. The molecule has 0 saturated carbocycles. The number of hydrogen-bond donors (Lipinski definition) is 4. The second kappa shape index (κ2) is 6.28. The van der Waals surface area contributed by atoms with E-state index in [0.29, 0.717) is 22.7 Å². The molecule has 24 heavy (non-hydrogen) atoms. The van der Waals surface area contributed by atoms with Crippen LogP contribution in [0.5, 0.6) is 5.75 Å². The summed E-state index contributed by atoms with van der Waals surface area (Å²) in [6, 6.07) is 11.8. The van der Waals surface area contributed by atoms with Gasteiger partial charge in [0.25, 0.3) is 5.91 Å². The van der Waals surface area contributed by atoms with Gasteiger partial charge in [0.05, 0.1) is 5.69 Å². The van der Waals surface area contributed by atoms with Crippen molar-refractivity contribution < 1.29 is 23.9 Å². The summed E-state index contributed by atoms with van der Waals surface area (Å²) in [5.74, 6) is -0.940. The molecule has 2 aromatic carbocycles. The SMILES string of the molecule is Cc1ccc([C@@H](Nc2ccc3c(c2)NC(=O)CO3)P(=O)(O)O)cc1. The van der Waals surface area contributed by atoms with Crippen LogP contribution in [0.1, 0.15) is 16.9 Å². The van der Waals surface area contributed by atoms with Crippen molar-refractivity contribution in [3.8, 4) is 5.75 Å². The molecule has 4 N–H and O–H groups in total. The van der Waals surface area contributed by atoms with Crippen LogP contribution in [-0.4, -0.2) is 22.3 Å². The van der Waals surface area contributed by atoms with E-state index in [1.54, 1.807) is 42.5 Å². The monoisotopic (exact) mass is 348 g/mol. The molecule has 0 aromatic heterocycles. The Labute approximate surface area is 138 Å². The maximum atomic E-state index is 11.9. The summed E-state index contributed by atoms with van der Waals surface area (Å²) in [6.45, 7) is 1.85. The predicted octanol–water partition coefficient (Wildman–Crippen LogP) is 2.61. The first-order valence-electron chi connectivity index (χ1n) is 7.28. The maximum Gasteiger partial charge on any atom is 0.352 e. The van der Waals surface area contributed by atoms with E-state index in [4.69, 9.17) is 4.74 Å². The summed E-state index contributed by atoms with van der Waals surface area (Å²) < 4.78 is 17.2. The number of hydrogen-bond acceptors (Lipinski definition) is 4. The van der Waals surface area contributed by atoms with Gasteiger partial charge in [-0.05, 0) is 30.7 Å². The third-order valence-electron chi connectivity index (χ3n) is 3.65. The van der Waals surface area contributed by atoms with E-state index in [2.05, 4.69) is 10.6 Å².